The second-order valence-corrected chi connectivity index (χ2v) is 5.00. The van der Waals surface area contributed by atoms with Gasteiger partial charge in [0, 0.05) is 5.69 Å². The molecule has 0 aliphatic heterocycles. The Balaban J connectivity index is 2.19. The molecule has 0 bridgehead atoms. The third kappa shape index (κ3) is 2.75. The summed E-state index contributed by atoms with van der Waals surface area (Å²) >= 11 is 4.72. The Morgan fingerprint density at radius 2 is 2.35 bits per heavy atom. The van der Waals surface area contributed by atoms with Crippen LogP contribution in [0.5, 0.6) is 5.75 Å². The van der Waals surface area contributed by atoms with Crippen LogP contribution >= 0.6 is 27.3 Å². The number of hydrogen-bond acceptors (Lipinski definition) is 5. The van der Waals surface area contributed by atoms with Crippen LogP contribution in [0.1, 0.15) is 4.88 Å². The minimum absolute atomic E-state index is 0.583. The van der Waals surface area contributed by atoms with Crippen molar-refractivity contribution in [3.63, 3.8) is 0 Å². The van der Waals surface area contributed by atoms with Crippen LogP contribution < -0.4 is 10.1 Å². The summed E-state index contributed by atoms with van der Waals surface area (Å²) in [5, 5.41) is 12.5. The molecule has 0 fully saturated rings. The molecule has 6 heteroatoms. The monoisotopic (exact) mass is 309 g/mol. The van der Waals surface area contributed by atoms with Gasteiger partial charge in [0.1, 0.15) is 16.7 Å². The van der Waals surface area contributed by atoms with E-state index in [0.717, 1.165) is 15.9 Å². The van der Waals surface area contributed by atoms with Gasteiger partial charge in [-0.15, -0.1) is 0 Å². The zero-order valence-electron chi connectivity index (χ0n) is 8.90. The maximum absolute atomic E-state index is 8.70. The SMILES string of the molecule is COc1ccc(Nc2ncc(C#N)s2)cc1Br. The van der Waals surface area contributed by atoms with Gasteiger partial charge in [0.25, 0.3) is 0 Å². The standard InChI is InChI=1S/C11H8BrN3OS/c1-16-10-3-2-7(4-9(10)12)15-11-14-6-8(5-13)17-11/h2-4,6H,1H3,(H,14,15). The number of rotatable bonds is 3. The molecular weight excluding hydrogens is 302 g/mol. The molecule has 1 N–H and O–H groups in total. The molecule has 17 heavy (non-hydrogen) atoms. The molecule has 0 radical (unpaired) electrons. The Bertz CT molecular complexity index is 576. The average molecular weight is 310 g/mol. The fraction of sp³-hybridized carbons (Fsp3) is 0.0909. The van der Waals surface area contributed by atoms with Crippen LogP contribution in [-0.4, -0.2) is 12.1 Å². The van der Waals surface area contributed by atoms with E-state index in [0.29, 0.717) is 10.0 Å². The van der Waals surface area contributed by atoms with E-state index in [-0.39, 0.29) is 0 Å². The molecule has 1 aromatic heterocycles. The number of methoxy groups -OCH3 is 1. The molecule has 4 nitrogen and oxygen atoms in total. The van der Waals surface area contributed by atoms with Crippen LogP contribution in [0.25, 0.3) is 0 Å². The molecule has 0 spiro atoms. The number of nitrogens with one attached hydrogen (secondary N) is 1. The van der Waals surface area contributed by atoms with Crippen LogP contribution in [0.4, 0.5) is 10.8 Å². The lowest BCUT2D eigenvalue weighted by Gasteiger charge is -2.06. The molecule has 0 saturated heterocycles. The number of nitriles is 1. The fourth-order valence-electron chi connectivity index (χ4n) is 1.25. The lowest BCUT2D eigenvalue weighted by molar-refractivity contribution is 0.412. The first kappa shape index (κ1) is 11.9. The van der Waals surface area contributed by atoms with Gasteiger partial charge in [-0.1, -0.05) is 11.3 Å². The minimum Gasteiger partial charge on any atom is -0.496 e. The van der Waals surface area contributed by atoms with Crippen molar-refractivity contribution in [2.75, 3.05) is 12.4 Å². The predicted octanol–water partition coefficient (Wildman–Crippen LogP) is 3.53. The van der Waals surface area contributed by atoms with Crippen molar-refractivity contribution in [1.29, 1.82) is 5.26 Å². The molecule has 0 amide bonds. The smallest absolute Gasteiger partial charge is 0.188 e. The molecule has 86 valence electrons. The van der Waals surface area contributed by atoms with E-state index in [9.17, 15) is 0 Å². The van der Waals surface area contributed by atoms with Crippen molar-refractivity contribution in [2.24, 2.45) is 0 Å². The summed E-state index contributed by atoms with van der Waals surface area (Å²) in [6.07, 6.45) is 1.55. The van der Waals surface area contributed by atoms with Crippen LogP contribution in [0.2, 0.25) is 0 Å². The molecule has 2 rings (SSSR count). The molecule has 1 heterocycles. The summed E-state index contributed by atoms with van der Waals surface area (Å²) in [5.41, 5.74) is 0.886. The van der Waals surface area contributed by atoms with Gasteiger partial charge in [0.2, 0.25) is 0 Å². The van der Waals surface area contributed by atoms with Crippen LogP contribution in [0.3, 0.4) is 0 Å². The predicted molar refractivity (Wildman–Crippen MR) is 70.8 cm³/mol. The highest BCUT2D eigenvalue weighted by molar-refractivity contribution is 9.10. The summed E-state index contributed by atoms with van der Waals surface area (Å²) < 4.78 is 6.00. The van der Waals surface area contributed by atoms with Crippen LogP contribution in [0, 0.1) is 11.3 Å². The van der Waals surface area contributed by atoms with E-state index in [2.05, 4.69) is 26.2 Å². The summed E-state index contributed by atoms with van der Waals surface area (Å²) in [6.45, 7) is 0. The maximum atomic E-state index is 8.70. The van der Waals surface area contributed by atoms with Crippen molar-refractivity contribution in [3.05, 3.63) is 33.7 Å². The summed E-state index contributed by atoms with van der Waals surface area (Å²) in [5.74, 6) is 0.771. The number of nitrogens with zero attached hydrogens (tertiary/aromatic N) is 2. The number of thiazole rings is 1. The summed E-state index contributed by atoms with van der Waals surface area (Å²) in [6, 6.07) is 7.68. The average Bonchev–Trinajstić information content (AvgIpc) is 2.77. The van der Waals surface area contributed by atoms with Gasteiger partial charge >= 0.3 is 0 Å². The summed E-state index contributed by atoms with van der Waals surface area (Å²) in [7, 11) is 1.62. The first-order valence-corrected chi connectivity index (χ1v) is 6.30. The van der Waals surface area contributed by atoms with Gasteiger partial charge in [0.05, 0.1) is 17.8 Å². The summed E-state index contributed by atoms with van der Waals surface area (Å²) in [4.78, 5) is 4.68. The van der Waals surface area contributed by atoms with Gasteiger partial charge in [-0.05, 0) is 34.1 Å². The second kappa shape index (κ2) is 5.17. The molecule has 0 aliphatic rings. The van der Waals surface area contributed by atoms with Gasteiger partial charge < -0.3 is 10.1 Å². The Labute approximate surface area is 111 Å². The van der Waals surface area contributed by atoms with Gasteiger partial charge in [-0.25, -0.2) is 4.98 Å². The fourth-order valence-corrected chi connectivity index (χ4v) is 2.43. The number of hydrogen-bond donors (Lipinski definition) is 1. The van der Waals surface area contributed by atoms with E-state index < -0.39 is 0 Å². The van der Waals surface area contributed by atoms with E-state index in [1.165, 1.54) is 11.3 Å². The molecule has 0 aliphatic carbocycles. The van der Waals surface area contributed by atoms with E-state index in [1.807, 2.05) is 24.3 Å². The number of ether oxygens (including phenoxy) is 1. The molecule has 0 unspecified atom stereocenters. The normalized spacial score (nSPS) is 9.71. The van der Waals surface area contributed by atoms with Crippen molar-refractivity contribution in [1.82, 2.24) is 4.98 Å². The highest BCUT2D eigenvalue weighted by Gasteiger charge is 2.04. The maximum Gasteiger partial charge on any atom is 0.188 e. The first-order chi connectivity index (χ1) is 8.22. The zero-order valence-corrected chi connectivity index (χ0v) is 11.3. The number of anilines is 2. The largest absolute Gasteiger partial charge is 0.496 e. The quantitative estimate of drug-likeness (QED) is 0.942. The van der Waals surface area contributed by atoms with Crippen LogP contribution in [-0.2, 0) is 0 Å². The third-order valence-corrected chi connectivity index (χ3v) is 3.46. The van der Waals surface area contributed by atoms with Gasteiger partial charge in [-0.2, -0.15) is 5.26 Å². The van der Waals surface area contributed by atoms with Crippen molar-refractivity contribution < 1.29 is 4.74 Å². The topological polar surface area (TPSA) is 57.9 Å². The van der Waals surface area contributed by atoms with E-state index in [1.54, 1.807) is 13.3 Å². The highest BCUT2D eigenvalue weighted by Crippen LogP contribution is 2.30. The Hall–Kier alpha value is -1.58. The van der Waals surface area contributed by atoms with Crippen LogP contribution in [0.15, 0.2) is 28.9 Å². The lowest BCUT2D eigenvalue weighted by Crippen LogP contribution is -1.90. The molecular formula is C11H8BrN3OS. The number of halogens is 1. The highest BCUT2D eigenvalue weighted by atomic mass is 79.9. The van der Waals surface area contributed by atoms with Crippen molar-refractivity contribution in [3.8, 4) is 11.8 Å². The Morgan fingerprint density at radius 3 is 2.94 bits per heavy atom. The molecule has 2 aromatic rings. The Kier molecular flexibility index (Phi) is 3.61. The van der Waals surface area contributed by atoms with Crippen molar-refractivity contribution in [2.45, 2.75) is 0 Å². The third-order valence-electron chi connectivity index (χ3n) is 2.02. The Morgan fingerprint density at radius 1 is 1.53 bits per heavy atom. The second-order valence-electron chi connectivity index (χ2n) is 3.12. The van der Waals surface area contributed by atoms with Gasteiger partial charge in [-0.3, -0.25) is 0 Å². The zero-order chi connectivity index (χ0) is 12.3. The molecule has 0 saturated carbocycles. The van der Waals surface area contributed by atoms with Gasteiger partial charge in [0.15, 0.2) is 5.13 Å². The number of aromatic nitrogens is 1. The first-order valence-electron chi connectivity index (χ1n) is 4.69. The van der Waals surface area contributed by atoms with E-state index in [4.69, 9.17) is 10.00 Å². The minimum atomic E-state index is 0.583. The van der Waals surface area contributed by atoms with E-state index >= 15 is 0 Å². The van der Waals surface area contributed by atoms with Crippen molar-refractivity contribution >= 4 is 38.1 Å². The number of benzene rings is 1. The molecule has 0 atom stereocenters. The lowest BCUT2D eigenvalue weighted by atomic mass is 10.3. The molecule has 1 aromatic carbocycles.